The predicted octanol–water partition coefficient (Wildman–Crippen LogP) is 2.23. The van der Waals surface area contributed by atoms with E-state index in [9.17, 15) is 4.79 Å². The minimum absolute atomic E-state index is 0. The van der Waals surface area contributed by atoms with Crippen LogP contribution >= 0.6 is 12.4 Å². The van der Waals surface area contributed by atoms with Gasteiger partial charge >= 0.3 is 0 Å². The highest BCUT2D eigenvalue weighted by Gasteiger charge is 2.34. The van der Waals surface area contributed by atoms with Gasteiger partial charge < -0.3 is 11.1 Å². The summed E-state index contributed by atoms with van der Waals surface area (Å²) in [6.45, 7) is 1.88. The van der Waals surface area contributed by atoms with Gasteiger partial charge in [0.05, 0.1) is 0 Å². The summed E-state index contributed by atoms with van der Waals surface area (Å²) in [6.07, 6.45) is 8.35. The van der Waals surface area contributed by atoms with Crippen molar-refractivity contribution < 1.29 is 4.79 Å². The smallest absolute Gasteiger partial charge is 0.221 e. The summed E-state index contributed by atoms with van der Waals surface area (Å²) in [4.78, 5) is 11.6. The molecule has 0 aromatic carbocycles. The zero-order valence-corrected chi connectivity index (χ0v) is 11.5. The lowest BCUT2D eigenvalue weighted by molar-refractivity contribution is -0.122. The Morgan fingerprint density at radius 3 is 2.71 bits per heavy atom. The minimum atomic E-state index is -0.0252. The lowest BCUT2D eigenvalue weighted by Crippen LogP contribution is -2.41. The third kappa shape index (κ3) is 4.14. The molecule has 0 spiro atoms. The van der Waals surface area contributed by atoms with Crippen molar-refractivity contribution in [2.75, 3.05) is 0 Å². The molecule has 17 heavy (non-hydrogen) atoms. The van der Waals surface area contributed by atoms with Crippen LogP contribution < -0.4 is 11.1 Å². The second kappa shape index (κ2) is 6.60. The standard InChI is InChI=1S/C13H24N2O.ClH/c1-9(14)7-13(16)15-12-6-5-10-3-2-4-11(10)8-12;/h9-12H,2-8,14H2,1H3,(H,15,16);1H. The average molecular weight is 261 g/mol. The first kappa shape index (κ1) is 14.8. The molecule has 2 aliphatic rings. The fourth-order valence-corrected chi connectivity index (χ4v) is 3.41. The molecule has 2 rings (SSSR count). The fourth-order valence-electron chi connectivity index (χ4n) is 3.41. The summed E-state index contributed by atoms with van der Waals surface area (Å²) in [6, 6.07) is 0.397. The molecule has 1 amide bonds. The number of carbonyl (C=O) groups is 1. The summed E-state index contributed by atoms with van der Waals surface area (Å²) in [5.41, 5.74) is 5.62. The van der Waals surface area contributed by atoms with Crippen LogP contribution in [0.4, 0.5) is 0 Å². The molecule has 0 radical (unpaired) electrons. The van der Waals surface area contributed by atoms with Gasteiger partial charge in [-0.05, 0) is 38.0 Å². The largest absolute Gasteiger partial charge is 0.353 e. The molecule has 0 aromatic rings. The molecule has 0 bridgehead atoms. The molecule has 0 heterocycles. The molecule has 3 N–H and O–H groups in total. The second-order valence-corrected chi connectivity index (χ2v) is 5.71. The monoisotopic (exact) mass is 260 g/mol. The number of halogens is 1. The average Bonchev–Trinajstić information content (AvgIpc) is 2.63. The van der Waals surface area contributed by atoms with E-state index in [-0.39, 0.29) is 24.4 Å². The van der Waals surface area contributed by atoms with Crippen LogP contribution in [0.3, 0.4) is 0 Å². The van der Waals surface area contributed by atoms with Gasteiger partial charge in [-0.3, -0.25) is 4.79 Å². The number of nitrogens with two attached hydrogens (primary N) is 1. The highest BCUT2D eigenvalue weighted by molar-refractivity contribution is 5.85. The number of amides is 1. The number of carbonyl (C=O) groups excluding carboxylic acids is 1. The van der Waals surface area contributed by atoms with Gasteiger partial charge in [0.25, 0.3) is 0 Å². The van der Waals surface area contributed by atoms with E-state index in [1.165, 1.54) is 38.5 Å². The lowest BCUT2D eigenvalue weighted by Gasteiger charge is -2.32. The highest BCUT2D eigenvalue weighted by atomic mass is 35.5. The topological polar surface area (TPSA) is 55.1 Å². The van der Waals surface area contributed by atoms with E-state index in [1.54, 1.807) is 0 Å². The molecular formula is C13H25ClN2O. The van der Waals surface area contributed by atoms with Crippen LogP contribution in [0.15, 0.2) is 0 Å². The van der Waals surface area contributed by atoms with Crippen molar-refractivity contribution in [1.82, 2.24) is 5.32 Å². The molecule has 2 aliphatic carbocycles. The van der Waals surface area contributed by atoms with Gasteiger partial charge in [0, 0.05) is 18.5 Å². The Balaban J connectivity index is 0.00000144. The summed E-state index contributed by atoms with van der Waals surface area (Å²) in [5.74, 6) is 1.98. The Morgan fingerprint density at radius 2 is 2.00 bits per heavy atom. The van der Waals surface area contributed by atoms with Gasteiger partial charge in [-0.25, -0.2) is 0 Å². The second-order valence-electron chi connectivity index (χ2n) is 5.71. The summed E-state index contributed by atoms with van der Waals surface area (Å²) in [7, 11) is 0. The third-order valence-electron chi connectivity index (χ3n) is 4.16. The molecule has 4 unspecified atom stereocenters. The van der Waals surface area contributed by atoms with E-state index in [2.05, 4.69) is 5.32 Å². The predicted molar refractivity (Wildman–Crippen MR) is 72.1 cm³/mol. The maximum atomic E-state index is 11.6. The lowest BCUT2D eigenvalue weighted by atomic mass is 9.79. The van der Waals surface area contributed by atoms with Crippen molar-refractivity contribution >= 4 is 18.3 Å². The van der Waals surface area contributed by atoms with Crippen molar-refractivity contribution in [1.29, 1.82) is 0 Å². The summed E-state index contributed by atoms with van der Waals surface area (Å²) in [5, 5.41) is 3.14. The van der Waals surface area contributed by atoms with Crippen LogP contribution in [-0.4, -0.2) is 18.0 Å². The van der Waals surface area contributed by atoms with E-state index >= 15 is 0 Å². The molecular weight excluding hydrogens is 236 g/mol. The van der Waals surface area contributed by atoms with Gasteiger partial charge in [-0.2, -0.15) is 0 Å². The maximum absolute atomic E-state index is 11.6. The minimum Gasteiger partial charge on any atom is -0.353 e. The first-order valence-electron chi connectivity index (χ1n) is 6.70. The Bertz CT molecular complexity index is 258. The molecule has 0 saturated heterocycles. The van der Waals surface area contributed by atoms with Crippen molar-refractivity contribution in [3.63, 3.8) is 0 Å². The molecule has 2 fully saturated rings. The molecule has 3 nitrogen and oxygen atoms in total. The summed E-state index contributed by atoms with van der Waals surface area (Å²) >= 11 is 0. The van der Waals surface area contributed by atoms with Crippen molar-refractivity contribution in [2.45, 2.75) is 64.0 Å². The Labute approximate surface area is 110 Å². The molecule has 2 saturated carbocycles. The first-order chi connectivity index (χ1) is 7.65. The Kier molecular flexibility index (Phi) is 5.74. The molecule has 0 aliphatic heterocycles. The molecule has 4 heteroatoms. The van der Waals surface area contributed by atoms with E-state index in [1.807, 2.05) is 6.92 Å². The van der Waals surface area contributed by atoms with Crippen LogP contribution in [-0.2, 0) is 4.79 Å². The van der Waals surface area contributed by atoms with E-state index < -0.39 is 0 Å². The van der Waals surface area contributed by atoms with Crippen molar-refractivity contribution in [3.05, 3.63) is 0 Å². The van der Waals surface area contributed by atoms with Crippen LogP contribution in [0.2, 0.25) is 0 Å². The number of hydrogen-bond donors (Lipinski definition) is 2. The SMILES string of the molecule is CC(N)CC(=O)NC1CCC2CCCC2C1.Cl. The van der Waals surface area contributed by atoms with E-state index in [0.29, 0.717) is 12.5 Å². The molecule has 0 aromatic heterocycles. The fraction of sp³-hybridized carbons (Fsp3) is 0.923. The molecule has 100 valence electrons. The number of fused-ring (bicyclic) bond motifs is 1. The first-order valence-corrected chi connectivity index (χ1v) is 6.70. The Hall–Kier alpha value is -0.280. The van der Waals surface area contributed by atoms with Crippen LogP contribution in [0.5, 0.6) is 0 Å². The van der Waals surface area contributed by atoms with E-state index in [0.717, 1.165) is 11.8 Å². The third-order valence-corrected chi connectivity index (χ3v) is 4.16. The normalized spacial score (nSPS) is 33.4. The summed E-state index contributed by atoms with van der Waals surface area (Å²) < 4.78 is 0. The van der Waals surface area contributed by atoms with Gasteiger partial charge in [-0.15, -0.1) is 12.4 Å². The quantitative estimate of drug-likeness (QED) is 0.818. The highest BCUT2D eigenvalue weighted by Crippen LogP contribution is 2.41. The Morgan fingerprint density at radius 1 is 1.29 bits per heavy atom. The van der Waals surface area contributed by atoms with Gasteiger partial charge in [0.1, 0.15) is 0 Å². The van der Waals surface area contributed by atoms with Crippen molar-refractivity contribution in [2.24, 2.45) is 17.6 Å². The van der Waals surface area contributed by atoms with Crippen LogP contribution in [0, 0.1) is 11.8 Å². The zero-order chi connectivity index (χ0) is 11.5. The van der Waals surface area contributed by atoms with Crippen LogP contribution in [0.1, 0.15) is 51.9 Å². The molecule has 4 atom stereocenters. The number of rotatable bonds is 3. The zero-order valence-electron chi connectivity index (χ0n) is 10.7. The van der Waals surface area contributed by atoms with Gasteiger partial charge in [0.2, 0.25) is 5.91 Å². The number of nitrogens with one attached hydrogen (secondary N) is 1. The van der Waals surface area contributed by atoms with Crippen molar-refractivity contribution in [3.8, 4) is 0 Å². The number of hydrogen-bond acceptors (Lipinski definition) is 2. The van der Waals surface area contributed by atoms with Gasteiger partial charge in [-0.1, -0.05) is 19.3 Å². The van der Waals surface area contributed by atoms with Crippen LogP contribution in [0.25, 0.3) is 0 Å². The maximum Gasteiger partial charge on any atom is 0.221 e. The van der Waals surface area contributed by atoms with Gasteiger partial charge in [0.15, 0.2) is 0 Å². The van der Waals surface area contributed by atoms with E-state index in [4.69, 9.17) is 5.73 Å².